The number of carboxylic acid groups (broad SMARTS) is 1. The molecule has 0 bridgehead atoms. The first kappa shape index (κ1) is 35.7. The van der Waals surface area contributed by atoms with Gasteiger partial charge in [0.25, 0.3) is 0 Å². The molecule has 2 aliphatic heterocycles. The number of alkyl halides is 3. The molecule has 3 atom stereocenters. The maximum atomic E-state index is 14.0. The highest BCUT2D eigenvalue weighted by atomic mass is 19.4. The fourth-order valence-electron chi connectivity index (χ4n) is 7.51. The topological polar surface area (TPSA) is 85.2 Å². The molecule has 0 aromatic heterocycles. The number of nitrogens with zero attached hydrogens (tertiary/aromatic N) is 3. The summed E-state index contributed by atoms with van der Waals surface area (Å²) in [5.74, 6) is -1.34. The highest BCUT2D eigenvalue weighted by Gasteiger charge is 2.39. The summed E-state index contributed by atoms with van der Waals surface area (Å²) in [7, 11) is 0. The van der Waals surface area contributed by atoms with Crippen molar-refractivity contribution in [2.24, 2.45) is 4.99 Å². The van der Waals surface area contributed by atoms with Crippen LogP contribution in [0.2, 0.25) is 0 Å². The molecule has 0 aliphatic carbocycles. The zero-order valence-corrected chi connectivity index (χ0v) is 28.9. The molecule has 2 aliphatic rings. The van der Waals surface area contributed by atoms with Crippen LogP contribution in [0.1, 0.15) is 52.3 Å². The lowest BCUT2D eigenvalue weighted by atomic mass is 9.87. The Morgan fingerprint density at radius 3 is 2.19 bits per heavy atom. The molecule has 10 heteroatoms. The van der Waals surface area contributed by atoms with Crippen LogP contribution in [0.5, 0.6) is 0 Å². The van der Waals surface area contributed by atoms with Crippen LogP contribution < -0.4 is 10.2 Å². The van der Waals surface area contributed by atoms with E-state index < -0.39 is 29.8 Å². The lowest BCUT2D eigenvalue weighted by Gasteiger charge is -2.41. The van der Waals surface area contributed by atoms with E-state index in [1.165, 1.54) is 12.1 Å². The molecule has 0 radical (unpaired) electrons. The molecule has 270 valence electrons. The minimum absolute atomic E-state index is 0.150. The van der Waals surface area contributed by atoms with Gasteiger partial charge < -0.3 is 15.3 Å². The van der Waals surface area contributed by atoms with Crippen molar-refractivity contribution in [1.82, 2.24) is 4.90 Å². The average molecular weight is 717 g/mol. The third-order valence-corrected chi connectivity index (χ3v) is 10.1. The largest absolute Gasteiger partial charge is 0.480 e. The van der Waals surface area contributed by atoms with Crippen LogP contribution in [0.15, 0.2) is 138 Å². The number of carbonyl (C=O) groups is 2. The van der Waals surface area contributed by atoms with Crippen molar-refractivity contribution in [2.75, 3.05) is 23.3 Å². The van der Waals surface area contributed by atoms with E-state index in [2.05, 4.69) is 10.2 Å². The Balaban J connectivity index is 1.29. The number of halogens is 3. The molecule has 5 aromatic carbocycles. The van der Waals surface area contributed by atoms with Crippen LogP contribution >= 0.6 is 0 Å². The molecule has 1 amide bonds. The van der Waals surface area contributed by atoms with Gasteiger partial charge in [-0.1, -0.05) is 103 Å². The number of anilines is 2. The van der Waals surface area contributed by atoms with Crippen molar-refractivity contribution in [3.8, 4) is 0 Å². The van der Waals surface area contributed by atoms with E-state index in [0.717, 1.165) is 41.8 Å². The second kappa shape index (κ2) is 15.5. The van der Waals surface area contributed by atoms with Crippen molar-refractivity contribution in [3.05, 3.63) is 167 Å². The molecule has 7 nitrogen and oxygen atoms in total. The number of likely N-dealkylation sites (tertiary alicyclic amines) is 1. The quantitative estimate of drug-likeness (QED) is 0.142. The van der Waals surface area contributed by atoms with E-state index in [4.69, 9.17) is 4.99 Å². The Morgan fingerprint density at radius 2 is 1.47 bits per heavy atom. The lowest BCUT2D eigenvalue weighted by molar-refractivity contribution is -0.139. The van der Waals surface area contributed by atoms with Gasteiger partial charge in [0, 0.05) is 29.9 Å². The fraction of sp³-hybridized carbons (Fsp3) is 0.233. The molecular formula is C43H39F3N4O3. The first-order valence-corrected chi connectivity index (χ1v) is 17.7. The van der Waals surface area contributed by atoms with Gasteiger partial charge >= 0.3 is 12.1 Å². The minimum Gasteiger partial charge on any atom is -0.480 e. The van der Waals surface area contributed by atoms with Gasteiger partial charge in [-0.15, -0.1) is 0 Å². The van der Waals surface area contributed by atoms with Gasteiger partial charge in [0.2, 0.25) is 5.91 Å². The van der Waals surface area contributed by atoms with E-state index in [1.54, 1.807) is 6.07 Å². The highest BCUT2D eigenvalue weighted by Crippen LogP contribution is 2.39. The number of nitrogens with one attached hydrogen (secondary N) is 1. The summed E-state index contributed by atoms with van der Waals surface area (Å²) in [4.78, 5) is 36.5. The zero-order chi connectivity index (χ0) is 37.0. The third-order valence-electron chi connectivity index (χ3n) is 10.1. The summed E-state index contributed by atoms with van der Waals surface area (Å²) in [5, 5.41) is 14.1. The van der Waals surface area contributed by atoms with Gasteiger partial charge in [-0.05, 0) is 72.8 Å². The third kappa shape index (κ3) is 7.88. The molecule has 2 heterocycles. The molecule has 1 saturated heterocycles. The van der Waals surface area contributed by atoms with Gasteiger partial charge in [-0.25, -0.2) is 4.79 Å². The lowest BCUT2D eigenvalue weighted by Crippen LogP contribution is -2.44. The fourth-order valence-corrected chi connectivity index (χ4v) is 7.51. The summed E-state index contributed by atoms with van der Waals surface area (Å²) < 4.78 is 40.5. The molecule has 1 fully saturated rings. The Kier molecular flexibility index (Phi) is 10.4. The number of hydrogen-bond donors (Lipinski definition) is 2. The van der Waals surface area contributed by atoms with Crippen molar-refractivity contribution >= 4 is 29.0 Å². The smallest absolute Gasteiger partial charge is 0.416 e. The van der Waals surface area contributed by atoms with Gasteiger partial charge in [-0.2, -0.15) is 13.2 Å². The van der Waals surface area contributed by atoms with Crippen LogP contribution in [0.3, 0.4) is 0 Å². The van der Waals surface area contributed by atoms with Crippen LogP contribution in [-0.4, -0.2) is 52.8 Å². The first-order valence-electron chi connectivity index (χ1n) is 17.7. The van der Waals surface area contributed by atoms with E-state index in [-0.39, 0.29) is 11.9 Å². The second-order valence-electron chi connectivity index (χ2n) is 13.4. The molecule has 5 aromatic rings. The van der Waals surface area contributed by atoms with Crippen LogP contribution in [0.4, 0.5) is 24.5 Å². The summed E-state index contributed by atoms with van der Waals surface area (Å²) >= 11 is 0. The number of carboxylic acids is 1. The standard InChI is InChI=1S/C43H39F3N4O3/c44-43(45,46)32-21-23-33(24-22-32)50-27-25-30-14-7-8-17-34(30)40(50)39(42(52)53)48-38(31-15-5-2-6-16-31)35-18-9-10-19-36(35)47-41(51)37-20-11-26-49(37)28-29-12-3-1-4-13-29/h1-10,12-19,21-24,37,39-40H,11,20,25-28H2,(H,47,51)(H,52,53)/t37-,39-,40-/m0/s1. The van der Waals surface area contributed by atoms with Gasteiger partial charge in [0.15, 0.2) is 6.04 Å². The Hall–Kier alpha value is -5.74. The molecule has 53 heavy (non-hydrogen) atoms. The number of benzene rings is 5. The normalized spacial score (nSPS) is 18.3. The van der Waals surface area contributed by atoms with Crippen LogP contribution in [-0.2, 0) is 28.7 Å². The second-order valence-corrected chi connectivity index (χ2v) is 13.4. The molecule has 0 spiro atoms. The van der Waals surface area contributed by atoms with Gasteiger partial charge in [0.05, 0.1) is 29.0 Å². The SMILES string of the molecule is O=C(O)[C@@H](N=C(c1ccccc1)c1ccccc1NC(=O)[C@@H]1CCCN1Cc1ccccc1)[C@@H]1c2ccccc2CCN1c1ccc(C(F)(F)F)cc1. The summed E-state index contributed by atoms with van der Waals surface area (Å²) in [6.45, 7) is 1.82. The summed E-state index contributed by atoms with van der Waals surface area (Å²) in [6, 6.07) is 36.3. The highest BCUT2D eigenvalue weighted by molar-refractivity contribution is 6.17. The molecule has 7 rings (SSSR count). The number of aliphatic carboxylic acids is 1. The predicted octanol–water partition coefficient (Wildman–Crippen LogP) is 8.40. The number of rotatable bonds is 10. The minimum atomic E-state index is -4.51. The first-order chi connectivity index (χ1) is 25.7. The molecule has 0 unspecified atom stereocenters. The van der Waals surface area contributed by atoms with E-state index in [1.807, 2.05) is 108 Å². The molecule has 0 saturated carbocycles. The van der Waals surface area contributed by atoms with E-state index >= 15 is 0 Å². The number of para-hydroxylation sites is 1. The van der Waals surface area contributed by atoms with Gasteiger partial charge in [-0.3, -0.25) is 14.7 Å². The van der Waals surface area contributed by atoms with Gasteiger partial charge in [0.1, 0.15) is 0 Å². The van der Waals surface area contributed by atoms with Crippen LogP contribution in [0, 0.1) is 0 Å². The van der Waals surface area contributed by atoms with E-state index in [0.29, 0.717) is 54.1 Å². The van der Waals surface area contributed by atoms with Crippen LogP contribution in [0.25, 0.3) is 0 Å². The summed E-state index contributed by atoms with van der Waals surface area (Å²) in [6.07, 6.45) is -2.33. The number of fused-ring (bicyclic) bond motifs is 1. The molecule has 2 N–H and O–H groups in total. The maximum Gasteiger partial charge on any atom is 0.416 e. The number of carbonyl (C=O) groups excluding carboxylic acids is 1. The molecular weight excluding hydrogens is 677 g/mol. The zero-order valence-electron chi connectivity index (χ0n) is 28.9. The van der Waals surface area contributed by atoms with Crippen molar-refractivity contribution in [1.29, 1.82) is 0 Å². The number of amides is 1. The van der Waals surface area contributed by atoms with Crippen molar-refractivity contribution in [2.45, 2.75) is 50.1 Å². The van der Waals surface area contributed by atoms with Crippen molar-refractivity contribution in [3.63, 3.8) is 0 Å². The maximum absolute atomic E-state index is 14.0. The van der Waals surface area contributed by atoms with E-state index in [9.17, 15) is 27.9 Å². The number of hydrogen-bond acceptors (Lipinski definition) is 5. The Labute approximate surface area is 306 Å². The Bertz CT molecular complexity index is 2090. The number of aliphatic imine (C=N–C) groups is 1. The summed E-state index contributed by atoms with van der Waals surface area (Å²) in [5.41, 5.74) is 4.57. The predicted molar refractivity (Wildman–Crippen MR) is 200 cm³/mol. The Morgan fingerprint density at radius 1 is 0.811 bits per heavy atom. The monoisotopic (exact) mass is 716 g/mol. The van der Waals surface area contributed by atoms with Crippen molar-refractivity contribution < 1.29 is 27.9 Å². The average Bonchev–Trinajstić information content (AvgIpc) is 3.64.